The third kappa shape index (κ3) is 5.10. The lowest BCUT2D eigenvalue weighted by Crippen LogP contribution is -2.33. The number of halogens is 2. The molecule has 3 heterocycles. The summed E-state index contributed by atoms with van der Waals surface area (Å²) < 4.78 is 15.3. The van der Waals surface area contributed by atoms with Crippen LogP contribution in [-0.2, 0) is 4.79 Å². The topological polar surface area (TPSA) is 62.2 Å². The molecule has 2 aromatic heterocycles. The van der Waals surface area contributed by atoms with E-state index in [2.05, 4.69) is 20.2 Å². The molecule has 1 aliphatic rings. The highest BCUT2D eigenvalue weighted by atomic mass is 35.5. The molecule has 0 aliphatic carbocycles. The quantitative estimate of drug-likeness (QED) is 0.308. The second-order valence-corrected chi connectivity index (χ2v) is 9.23. The van der Waals surface area contributed by atoms with Crippen LogP contribution in [0.5, 0.6) is 0 Å². The van der Waals surface area contributed by atoms with Crippen molar-refractivity contribution in [3.05, 3.63) is 113 Å². The van der Waals surface area contributed by atoms with E-state index >= 15 is 0 Å². The van der Waals surface area contributed by atoms with Crippen LogP contribution < -0.4 is 10.6 Å². The number of aromatic nitrogens is 2. The van der Waals surface area contributed by atoms with Gasteiger partial charge in [-0.05, 0) is 78.9 Å². The van der Waals surface area contributed by atoms with Crippen molar-refractivity contribution in [3.8, 4) is 5.69 Å². The van der Waals surface area contributed by atoms with E-state index in [-0.39, 0.29) is 30.2 Å². The average molecular weight is 520 g/mol. The fourth-order valence-electron chi connectivity index (χ4n) is 4.44. The van der Waals surface area contributed by atoms with E-state index in [9.17, 15) is 9.18 Å². The molecule has 1 fully saturated rings. The Hall–Kier alpha value is -3.75. The Morgan fingerprint density at radius 2 is 1.92 bits per heavy atom. The van der Waals surface area contributed by atoms with Crippen molar-refractivity contribution in [2.24, 2.45) is 0 Å². The zero-order chi connectivity index (χ0) is 25.1. The van der Waals surface area contributed by atoms with Gasteiger partial charge in [-0.2, -0.15) is 0 Å². The summed E-state index contributed by atoms with van der Waals surface area (Å²) in [7, 11) is 0. The van der Waals surface area contributed by atoms with E-state index in [1.807, 2.05) is 65.7 Å². The summed E-state index contributed by atoms with van der Waals surface area (Å²) >= 11 is 12.0. The molecule has 2 aromatic carbocycles. The molecule has 1 saturated heterocycles. The molecule has 6 nitrogen and oxygen atoms in total. The van der Waals surface area contributed by atoms with Gasteiger partial charge in [-0.1, -0.05) is 23.7 Å². The Balaban J connectivity index is 1.44. The van der Waals surface area contributed by atoms with Gasteiger partial charge in [0.15, 0.2) is 5.11 Å². The number of nitrogens with zero attached hydrogens (tertiary/aromatic N) is 3. The lowest BCUT2D eigenvalue weighted by Gasteiger charge is -2.29. The number of benzene rings is 2. The molecule has 0 radical (unpaired) electrons. The highest BCUT2D eigenvalue weighted by Crippen LogP contribution is 2.39. The van der Waals surface area contributed by atoms with Crippen molar-refractivity contribution in [1.82, 2.24) is 19.8 Å². The van der Waals surface area contributed by atoms with Crippen molar-refractivity contribution in [2.45, 2.75) is 18.5 Å². The van der Waals surface area contributed by atoms with E-state index in [1.54, 1.807) is 6.20 Å². The van der Waals surface area contributed by atoms with Gasteiger partial charge in [0.1, 0.15) is 5.82 Å². The minimum atomic E-state index is -0.354. The number of hydrogen-bond acceptors (Lipinski definition) is 3. The molecule has 0 bridgehead atoms. The first-order valence-electron chi connectivity index (χ1n) is 11.5. The van der Waals surface area contributed by atoms with Gasteiger partial charge in [0, 0.05) is 47.5 Å². The second kappa shape index (κ2) is 10.5. The summed E-state index contributed by atoms with van der Waals surface area (Å²) in [4.78, 5) is 19.3. The smallest absolute Gasteiger partial charge is 0.226 e. The summed E-state index contributed by atoms with van der Waals surface area (Å²) in [6, 6.07) is 22.7. The van der Waals surface area contributed by atoms with Crippen LogP contribution in [0.1, 0.15) is 29.9 Å². The number of hydrogen-bond donors (Lipinski definition) is 2. The Kier molecular flexibility index (Phi) is 6.97. The minimum absolute atomic E-state index is 0.185. The van der Waals surface area contributed by atoms with Crippen molar-refractivity contribution < 1.29 is 9.18 Å². The van der Waals surface area contributed by atoms with Crippen LogP contribution in [0.25, 0.3) is 5.69 Å². The van der Waals surface area contributed by atoms with Gasteiger partial charge < -0.3 is 20.1 Å². The molecule has 0 spiro atoms. The number of carbonyl (C=O) groups is 1. The van der Waals surface area contributed by atoms with E-state index in [1.165, 1.54) is 24.3 Å². The molecule has 1 amide bonds. The van der Waals surface area contributed by atoms with Crippen LogP contribution in [0.4, 0.5) is 10.1 Å². The maximum atomic E-state index is 13.2. The van der Waals surface area contributed by atoms with Crippen molar-refractivity contribution in [3.63, 3.8) is 0 Å². The van der Waals surface area contributed by atoms with E-state index in [4.69, 9.17) is 23.8 Å². The molecule has 2 N–H and O–H groups in total. The third-order valence-corrected chi connectivity index (χ3v) is 6.66. The molecule has 1 aliphatic heterocycles. The van der Waals surface area contributed by atoms with Crippen molar-refractivity contribution >= 4 is 40.5 Å². The number of nitrogens with one attached hydrogen (secondary N) is 2. The molecule has 182 valence electrons. The molecule has 4 aromatic rings. The van der Waals surface area contributed by atoms with Crippen LogP contribution in [0.3, 0.4) is 0 Å². The first-order chi connectivity index (χ1) is 17.5. The van der Waals surface area contributed by atoms with Gasteiger partial charge in [-0.15, -0.1) is 0 Å². The van der Waals surface area contributed by atoms with E-state index in [0.717, 1.165) is 17.1 Å². The van der Waals surface area contributed by atoms with Gasteiger partial charge in [0.25, 0.3) is 0 Å². The largest absolute Gasteiger partial charge is 0.352 e. The van der Waals surface area contributed by atoms with Gasteiger partial charge in [-0.25, -0.2) is 4.39 Å². The second-order valence-electron chi connectivity index (χ2n) is 8.41. The van der Waals surface area contributed by atoms with Crippen molar-refractivity contribution in [2.75, 3.05) is 11.9 Å². The number of pyridine rings is 1. The SMILES string of the molecule is O=C(CCN1C(=S)N[C@H](c2ccccn2)[C@H]1c1cccn1-c1cccc(Cl)c1)Nc1ccc(F)cc1. The average Bonchev–Trinajstić information content (AvgIpc) is 3.49. The Morgan fingerprint density at radius 3 is 2.67 bits per heavy atom. The van der Waals surface area contributed by atoms with Gasteiger partial charge in [0.05, 0.1) is 17.8 Å². The van der Waals surface area contributed by atoms with Gasteiger partial charge in [-0.3, -0.25) is 9.78 Å². The van der Waals surface area contributed by atoms with Gasteiger partial charge in [0.2, 0.25) is 5.91 Å². The molecule has 2 atom stereocenters. The zero-order valence-corrected chi connectivity index (χ0v) is 20.7. The third-order valence-electron chi connectivity index (χ3n) is 6.08. The van der Waals surface area contributed by atoms with Crippen LogP contribution >= 0.6 is 23.8 Å². The van der Waals surface area contributed by atoms with E-state index in [0.29, 0.717) is 22.4 Å². The summed E-state index contributed by atoms with van der Waals surface area (Å²) in [5.41, 5.74) is 3.30. The Bertz CT molecular complexity index is 1380. The summed E-state index contributed by atoms with van der Waals surface area (Å²) in [6.07, 6.45) is 3.94. The number of rotatable bonds is 7. The molecule has 0 unspecified atom stereocenters. The van der Waals surface area contributed by atoms with Crippen molar-refractivity contribution in [1.29, 1.82) is 0 Å². The lowest BCUT2D eigenvalue weighted by molar-refractivity contribution is -0.116. The first kappa shape index (κ1) is 24.0. The fourth-order valence-corrected chi connectivity index (χ4v) is 4.96. The summed E-state index contributed by atoms with van der Waals surface area (Å²) in [6.45, 7) is 0.383. The number of thiocarbonyl (C=S) groups is 1. The van der Waals surface area contributed by atoms with Crippen LogP contribution in [0, 0.1) is 5.82 Å². The minimum Gasteiger partial charge on any atom is -0.352 e. The monoisotopic (exact) mass is 519 g/mol. The lowest BCUT2D eigenvalue weighted by atomic mass is 10.0. The van der Waals surface area contributed by atoms with Crippen LogP contribution in [0.2, 0.25) is 5.02 Å². The molecule has 9 heteroatoms. The highest BCUT2D eigenvalue weighted by Gasteiger charge is 2.41. The predicted molar refractivity (Wildman–Crippen MR) is 143 cm³/mol. The molecular weight excluding hydrogens is 497 g/mol. The normalized spacial score (nSPS) is 17.2. The standard InChI is InChI=1S/C27H23ClFN5OS/c28-18-5-3-6-21(17-18)33-15-4-8-23(33)26-25(22-7-1-2-14-30-22)32-27(36)34(26)16-13-24(35)31-20-11-9-19(29)10-12-20/h1-12,14-15,17,25-26H,13,16H2,(H,31,35)(H,32,36)/t25-,26-/m1/s1. The Morgan fingerprint density at radius 1 is 1.08 bits per heavy atom. The molecule has 5 rings (SSSR count). The molecule has 36 heavy (non-hydrogen) atoms. The fraction of sp³-hybridized carbons (Fsp3) is 0.148. The van der Waals surface area contributed by atoms with Crippen LogP contribution in [0.15, 0.2) is 91.3 Å². The zero-order valence-electron chi connectivity index (χ0n) is 19.1. The summed E-state index contributed by atoms with van der Waals surface area (Å²) in [5.74, 6) is -0.540. The molecular formula is C27H23ClFN5OS. The number of carbonyl (C=O) groups excluding carboxylic acids is 1. The van der Waals surface area contributed by atoms with E-state index < -0.39 is 0 Å². The predicted octanol–water partition coefficient (Wildman–Crippen LogP) is 5.67. The number of amides is 1. The maximum absolute atomic E-state index is 13.2. The maximum Gasteiger partial charge on any atom is 0.226 e. The highest BCUT2D eigenvalue weighted by molar-refractivity contribution is 7.80. The summed E-state index contributed by atoms with van der Waals surface area (Å²) in [5, 5.41) is 7.41. The van der Waals surface area contributed by atoms with Gasteiger partial charge >= 0.3 is 0 Å². The number of anilines is 1. The van der Waals surface area contributed by atoms with Crippen LogP contribution in [-0.4, -0.2) is 32.0 Å². The first-order valence-corrected chi connectivity index (χ1v) is 12.2. The molecule has 0 saturated carbocycles. The Labute approximate surface area is 218 Å².